The fourth-order valence-electron chi connectivity index (χ4n) is 1.40. The highest BCUT2D eigenvalue weighted by Crippen LogP contribution is 2.24. The van der Waals surface area contributed by atoms with Gasteiger partial charge in [-0.2, -0.15) is 0 Å². The molecule has 0 unspecified atom stereocenters. The highest BCUT2D eigenvalue weighted by molar-refractivity contribution is 9.13. The second kappa shape index (κ2) is 7.25. The van der Waals surface area contributed by atoms with Crippen LogP contribution < -0.4 is 5.32 Å². The van der Waals surface area contributed by atoms with Gasteiger partial charge in [0.25, 0.3) is 0 Å². The third-order valence-corrected chi connectivity index (χ3v) is 4.07. The van der Waals surface area contributed by atoms with Crippen molar-refractivity contribution < 1.29 is 0 Å². The van der Waals surface area contributed by atoms with Crippen LogP contribution in [0.25, 0.3) is 6.08 Å². The van der Waals surface area contributed by atoms with Gasteiger partial charge in [0.2, 0.25) is 0 Å². The summed E-state index contributed by atoms with van der Waals surface area (Å²) in [5, 5.41) is 3.39. The molecule has 0 atom stereocenters. The predicted molar refractivity (Wildman–Crippen MR) is 78.7 cm³/mol. The standard InChI is InChI=1S/C13H17Br2N/c1-3-6-16-9-10(2)7-11-4-5-12(14)13(15)8-11/h4-5,7-8,16H,3,6,9H2,1-2H3/b10-7+. The van der Waals surface area contributed by atoms with Gasteiger partial charge in [-0.1, -0.05) is 24.6 Å². The molecule has 1 aromatic rings. The second-order valence-electron chi connectivity index (χ2n) is 3.84. The first-order valence-electron chi connectivity index (χ1n) is 5.46. The van der Waals surface area contributed by atoms with Crippen LogP contribution >= 0.6 is 31.9 Å². The van der Waals surface area contributed by atoms with Gasteiger partial charge in [-0.15, -0.1) is 0 Å². The van der Waals surface area contributed by atoms with Crippen molar-refractivity contribution in [3.8, 4) is 0 Å². The zero-order chi connectivity index (χ0) is 12.0. The first kappa shape index (κ1) is 13.9. The lowest BCUT2D eigenvalue weighted by Gasteiger charge is -2.04. The van der Waals surface area contributed by atoms with Gasteiger partial charge in [-0.3, -0.25) is 0 Å². The minimum atomic E-state index is 0.960. The van der Waals surface area contributed by atoms with Crippen molar-refractivity contribution in [3.63, 3.8) is 0 Å². The average molecular weight is 347 g/mol. The van der Waals surface area contributed by atoms with Crippen molar-refractivity contribution in [2.45, 2.75) is 20.3 Å². The maximum absolute atomic E-state index is 3.51. The summed E-state index contributed by atoms with van der Waals surface area (Å²) in [4.78, 5) is 0. The van der Waals surface area contributed by atoms with Gasteiger partial charge in [0.15, 0.2) is 0 Å². The average Bonchev–Trinajstić information content (AvgIpc) is 2.24. The largest absolute Gasteiger partial charge is 0.313 e. The molecule has 1 nitrogen and oxygen atoms in total. The van der Waals surface area contributed by atoms with Crippen molar-refractivity contribution in [3.05, 3.63) is 38.3 Å². The van der Waals surface area contributed by atoms with E-state index in [2.05, 4.69) is 75.3 Å². The first-order valence-corrected chi connectivity index (χ1v) is 7.05. The van der Waals surface area contributed by atoms with Crippen molar-refractivity contribution in [2.24, 2.45) is 0 Å². The summed E-state index contributed by atoms with van der Waals surface area (Å²) >= 11 is 6.98. The van der Waals surface area contributed by atoms with E-state index < -0.39 is 0 Å². The Balaban J connectivity index is 2.63. The van der Waals surface area contributed by atoms with Crippen LogP contribution in [-0.4, -0.2) is 13.1 Å². The predicted octanol–water partition coefficient (Wildman–Crippen LogP) is 4.61. The second-order valence-corrected chi connectivity index (χ2v) is 5.55. The summed E-state index contributed by atoms with van der Waals surface area (Å²) in [7, 11) is 0. The number of benzene rings is 1. The molecule has 0 aromatic heterocycles. The monoisotopic (exact) mass is 345 g/mol. The van der Waals surface area contributed by atoms with E-state index in [4.69, 9.17) is 0 Å². The SMILES string of the molecule is CCCNC/C(C)=C/c1ccc(Br)c(Br)c1. The topological polar surface area (TPSA) is 12.0 Å². The molecule has 0 heterocycles. The molecule has 0 spiro atoms. The molecule has 3 heteroatoms. The summed E-state index contributed by atoms with van der Waals surface area (Å²) in [6, 6.07) is 6.29. The molecular formula is C13H17Br2N. The molecule has 0 radical (unpaired) electrons. The van der Waals surface area contributed by atoms with Crippen LogP contribution in [0.4, 0.5) is 0 Å². The van der Waals surface area contributed by atoms with Gasteiger partial charge >= 0.3 is 0 Å². The Hall–Kier alpha value is -0.120. The highest BCUT2D eigenvalue weighted by Gasteiger charge is 1.97. The summed E-state index contributed by atoms with van der Waals surface area (Å²) in [5.41, 5.74) is 2.58. The van der Waals surface area contributed by atoms with Crippen LogP contribution in [0.2, 0.25) is 0 Å². The van der Waals surface area contributed by atoms with Crippen molar-refractivity contribution in [2.75, 3.05) is 13.1 Å². The highest BCUT2D eigenvalue weighted by atomic mass is 79.9. The quantitative estimate of drug-likeness (QED) is 0.767. The van der Waals surface area contributed by atoms with E-state index in [0.717, 1.165) is 22.0 Å². The van der Waals surface area contributed by atoms with Crippen molar-refractivity contribution >= 4 is 37.9 Å². The van der Waals surface area contributed by atoms with Crippen LogP contribution in [0.15, 0.2) is 32.7 Å². The zero-order valence-corrected chi connectivity index (χ0v) is 12.9. The maximum atomic E-state index is 3.51. The molecule has 0 aliphatic carbocycles. The minimum absolute atomic E-state index is 0.960. The van der Waals surface area contributed by atoms with Crippen LogP contribution in [0, 0.1) is 0 Å². The molecule has 0 amide bonds. The van der Waals surface area contributed by atoms with E-state index in [-0.39, 0.29) is 0 Å². The van der Waals surface area contributed by atoms with Crippen LogP contribution in [0.5, 0.6) is 0 Å². The lowest BCUT2D eigenvalue weighted by molar-refractivity contribution is 0.715. The lowest BCUT2D eigenvalue weighted by atomic mass is 10.1. The van der Waals surface area contributed by atoms with Crippen molar-refractivity contribution in [1.82, 2.24) is 5.32 Å². The number of halogens is 2. The molecule has 1 N–H and O–H groups in total. The molecule has 1 rings (SSSR count). The fourth-order valence-corrected chi connectivity index (χ4v) is 2.04. The number of nitrogens with one attached hydrogen (secondary N) is 1. The molecule has 0 fully saturated rings. The van der Waals surface area contributed by atoms with Gasteiger partial charge in [0.05, 0.1) is 0 Å². The van der Waals surface area contributed by atoms with Gasteiger partial charge < -0.3 is 5.32 Å². The Morgan fingerprint density at radius 1 is 1.31 bits per heavy atom. The maximum Gasteiger partial charge on any atom is 0.0323 e. The smallest absolute Gasteiger partial charge is 0.0323 e. The molecule has 0 saturated heterocycles. The molecule has 0 saturated carbocycles. The third-order valence-electron chi connectivity index (χ3n) is 2.19. The molecule has 0 aliphatic rings. The molecule has 0 bridgehead atoms. The fraction of sp³-hybridized carbons (Fsp3) is 0.385. The van der Waals surface area contributed by atoms with E-state index in [0.29, 0.717) is 0 Å². The zero-order valence-electron chi connectivity index (χ0n) is 9.69. The Morgan fingerprint density at radius 3 is 2.69 bits per heavy atom. The van der Waals surface area contributed by atoms with Crippen LogP contribution in [0.3, 0.4) is 0 Å². The molecule has 1 aromatic carbocycles. The van der Waals surface area contributed by atoms with Gasteiger partial charge in [0.1, 0.15) is 0 Å². The van der Waals surface area contributed by atoms with Gasteiger partial charge in [0, 0.05) is 15.5 Å². The van der Waals surface area contributed by atoms with E-state index in [9.17, 15) is 0 Å². The number of hydrogen-bond donors (Lipinski definition) is 1. The van der Waals surface area contributed by atoms with Crippen LogP contribution in [-0.2, 0) is 0 Å². The normalized spacial score (nSPS) is 11.9. The number of hydrogen-bond acceptors (Lipinski definition) is 1. The van der Waals surface area contributed by atoms with E-state index in [1.165, 1.54) is 17.6 Å². The third kappa shape index (κ3) is 4.81. The Morgan fingerprint density at radius 2 is 2.06 bits per heavy atom. The Labute approximate surface area is 115 Å². The summed E-state index contributed by atoms with van der Waals surface area (Å²) < 4.78 is 2.18. The Kier molecular flexibility index (Phi) is 6.32. The number of rotatable bonds is 5. The van der Waals surface area contributed by atoms with Gasteiger partial charge in [-0.25, -0.2) is 0 Å². The lowest BCUT2D eigenvalue weighted by Crippen LogP contribution is -2.16. The van der Waals surface area contributed by atoms with E-state index in [1.807, 2.05) is 0 Å². The van der Waals surface area contributed by atoms with Crippen LogP contribution in [0.1, 0.15) is 25.8 Å². The summed E-state index contributed by atoms with van der Waals surface area (Å²) in [6.07, 6.45) is 3.39. The Bertz CT molecular complexity index is 372. The molecule has 16 heavy (non-hydrogen) atoms. The first-order chi connectivity index (χ1) is 7.63. The van der Waals surface area contributed by atoms with Gasteiger partial charge in [-0.05, 0) is 69.4 Å². The molecule has 88 valence electrons. The molecule has 0 aliphatic heterocycles. The van der Waals surface area contributed by atoms with E-state index in [1.54, 1.807) is 0 Å². The van der Waals surface area contributed by atoms with Crippen molar-refractivity contribution in [1.29, 1.82) is 0 Å². The molecular weight excluding hydrogens is 330 g/mol. The van der Waals surface area contributed by atoms with E-state index >= 15 is 0 Å². The summed E-state index contributed by atoms with van der Waals surface area (Å²) in [6.45, 7) is 6.37. The summed E-state index contributed by atoms with van der Waals surface area (Å²) in [5.74, 6) is 0. The minimum Gasteiger partial charge on any atom is -0.313 e.